The molecule has 8 nitrogen and oxygen atoms in total. The highest BCUT2D eigenvalue weighted by atomic mass is 32.2. The van der Waals surface area contributed by atoms with Gasteiger partial charge in [0.2, 0.25) is 27.6 Å². The van der Waals surface area contributed by atoms with E-state index in [2.05, 4.69) is 10.1 Å². The summed E-state index contributed by atoms with van der Waals surface area (Å²) in [5.41, 5.74) is 1.72. The van der Waals surface area contributed by atoms with Crippen molar-refractivity contribution in [3.63, 3.8) is 0 Å². The standard InChI is InChI=1S/C21H22N4O4S2/c1-2-24(13-19-22-20(23-29-19)18-4-3-11-30-18)31(27,28)16-7-8-17-15(12-16)9-10-25(17)21(26)14-5-6-14/h3-4,7-8,11-12,14H,2,5-6,9-10,13H2,1H3. The van der Waals surface area contributed by atoms with Gasteiger partial charge in [-0.3, -0.25) is 4.79 Å². The maximum absolute atomic E-state index is 13.3. The molecular formula is C21H22N4O4S2. The lowest BCUT2D eigenvalue weighted by Gasteiger charge is -2.20. The quantitative estimate of drug-likeness (QED) is 0.539. The topological polar surface area (TPSA) is 96.6 Å². The minimum atomic E-state index is -3.75. The molecule has 0 saturated heterocycles. The van der Waals surface area contributed by atoms with Crippen LogP contribution in [0.5, 0.6) is 0 Å². The molecule has 1 saturated carbocycles. The van der Waals surface area contributed by atoms with Crippen molar-refractivity contribution in [2.45, 2.75) is 37.6 Å². The van der Waals surface area contributed by atoms with E-state index < -0.39 is 10.0 Å². The van der Waals surface area contributed by atoms with Gasteiger partial charge in [-0.2, -0.15) is 9.29 Å². The first-order valence-electron chi connectivity index (χ1n) is 10.3. The number of hydrogen-bond acceptors (Lipinski definition) is 7. The van der Waals surface area contributed by atoms with Crippen molar-refractivity contribution in [2.24, 2.45) is 5.92 Å². The number of nitrogens with zero attached hydrogens (tertiary/aromatic N) is 4. The molecule has 162 valence electrons. The Balaban J connectivity index is 1.37. The fourth-order valence-corrected chi connectivity index (χ4v) is 5.91. The van der Waals surface area contributed by atoms with Crippen LogP contribution in [0.25, 0.3) is 10.7 Å². The maximum Gasteiger partial charge on any atom is 0.243 e. The summed E-state index contributed by atoms with van der Waals surface area (Å²) in [7, 11) is -3.75. The SMILES string of the molecule is CCN(Cc1nc(-c2cccs2)no1)S(=O)(=O)c1ccc2c(c1)CCN2C(=O)C1CC1. The molecule has 0 N–H and O–H groups in total. The molecule has 10 heteroatoms. The van der Waals surface area contributed by atoms with Crippen LogP contribution in [0.15, 0.2) is 45.1 Å². The Labute approximate surface area is 184 Å². The Bertz CT molecular complexity index is 1220. The van der Waals surface area contributed by atoms with Gasteiger partial charge >= 0.3 is 0 Å². The minimum Gasteiger partial charge on any atom is -0.337 e. The summed E-state index contributed by atoms with van der Waals surface area (Å²) >= 11 is 1.49. The van der Waals surface area contributed by atoms with Gasteiger partial charge in [0, 0.05) is 24.7 Å². The number of thiophene rings is 1. The van der Waals surface area contributed by atoms with Crippen LogP contribution >= 0.6 is 11.3 Å². The van der Waals surface area contributed by atoms with E-state index in [0.29, 0.717) is 18.8 Å². The summed E-state index contributed by atoms with van der Waals surface area (Å²) in [4.78, 5) is 19.7. The molecule has 3 heterocycles. The molecule has 0 bridgehead atoms. The Hall–Kier alpha value is -2.56. The molecule has 1 amide bonds. The summed E-state index contributed by atoms with van der Waals surface area (Å²) < 4.78 is 33.2. The first-order valence-corrected chi connectivity index (χ1v) is 12.6. The molecule has 0 radical (unpaired) electrons. The first-order chi connectivity index (χ1) is 15.0. The van der Waals surface area contributed by atoms with E-state index in [1.165, 1.54) is 15.6 Å². The average Bonchev–Trinajstić information content (AvgIpc) is 3.16. The number of carbonyl (C=O) groups excluding carboxylic acids is 1. The molecule has 0 atom stereocenters. The maximum atomic E-state index is 13.3. The number of rotatable bonds is 7. The number of aromatic nitrogens is 2. The van der Waals surface area contributed by atoms with Gasteiger partial charge in [0.15, 0.2) is 0 Å². The third-order valence-corrected chi connectivity index (χ3v) is 8.43. The van der Waals surface area contributed by atoms with Crippen molar-refractivity contribution in [2.75, 3.05) is 18.0 Å². The van der Waals surface area contributed by atoms with Gasteiger partial charge < -0.3 is 9.42 Å². The Morgan fingerprint density at radius 2 is 2.16 bits per heavy atom. The molecule has 1 aliphatic carbocycles. The number of carbonyl (C=O) groups is 1. The number of hydrogen-bond donors (Lipinski definition) is 0. The van der Waals surface area contributed by atoms with E-state index in [-0.39, 0.29) is 35.7 Å². The second-order valence-corrected chi connectivity index (χ2v) is 10.6. The van der Waals surface area contributed by atoms with Crippen LogP contribution in [-0.2, 0) is 27.8 Å². The zero-order chi connectivity index (χ0) is 21.6. The molecule has 1 aromatic carbocycles. The van der Waals surface area contributed by atoms with Crippen molar-refractivity contribution in [3.05, 3.63) is 47.2 Å². The van der Waals surface area contributed by atoms with Crippen LogP contribution in [0, 0.1) is 5.92 Å². The minimum absolute atomic E-state index is 0.000580. The van der Waals surface area contributed by atoms with E-state index >= 15 is 0 Å². The Morgan fingerprint density at radius 3 is 2.87 bits per heavy atom. The highest BCUT2D eigenvalue weighted by Gasteiger charge is 2.37. The lowest BCUT2D eigenvalue weighted by atomic mass is 10.2. The van der Waals surface area contributed by atoms with Crippen molar-refractivity contribution in [3.8, 4) is 10.7 Å². The molecule has 5 rings (SSSR count). The zero-order valence-electron chi connectivity index (χ0n) is 17.0. The van der Waals surface area contributed by atoms with E-state index in [9.17, 15) is 13.2 Å². The molecule has 1 aliphatic heterocycles. The molecule has 3 aromatic rings. The summed E-state index contributed by atoms with van der Waals surface area (Å²) in [6.07, 6.45) is 2.57. The van der Waals surface area contributed by atoms with Crippen LogP contribution < -0.4 is 4.90 Å². The van der Waals surface area contributed by atoms with Crippen LogP contribution in [0.2, 0.25) is 0 Å². The summed E-state index contributed by atoms with van der Waals surface area (Å²) in [5.74, 6) is 0.994. The van der Waals surface area contributed by atoms with Crippen molar-refractivity contribution in [1.82, 2.24) is 14.4 Å². The van der Waals surface area contributed by atoms with E-state index in [1.54, 1.807) is 30.0 Å². The Morgan fingerprint density at radius 1 is 1.32 bits per heavy atom. The van der Waals surface area contributed by atoms with Gasteiger partial charge in [-0.15, -0.1) is 11.3 Å². The summed E-state index contributed by atoms with van der Waals surface area (Å²) in [6.45, 7) is 2.65. The van der Waals surface area contributed by atoms with Crippen LogP contribution in [0.1, 0.15) is 31.2 Å². The lowest BCUT2D eigenvalue weighted by Crippen LogP contribution is -2.31. The molecule has 1 fully saturated rings. The monoisotopic (exact) mass is 458 g/mol. The lowest BCUT2D eigenvalue weighted by molar-refractivity contribution is -0.119. The van der Waals surface area contributed by atoms with Gasteiger partial charge in [0.25, 0.3) is 0 Å². The second kappa shape index (κ2) is 7.85. The number of anilines is 1. The van der Waals surface area contributed by atoms with E-state index in [4.69, 9.17) is 4.52 Å². The van der Waals surface area contributed by atoms with E-state index in [1.807, 2.05) is 17.5 Å². The molecule has 0 unspecified atom stereocenters. The number of fused-ring (bicyclic) bond motifs is 1. The van der Waals surface area contributed by atoms with Gasteiger partial charge in [-0.05, 0) is 54.5 Å². The Kier molecular flexibility index (Phi) is 5.15. The third kappa shape index (κ3) is 3.79. The van der Waals surface area contributed by atoms with Gasteiger partial charge in [0.05, 0.1) is 16.3 Å². The smallest absolute Gasteiger partial charge is 0.243 e. The molecule has 31 heavy (non-hydrogen) atoms. The number of amides is 1. The van der Waals surface area contributed by atoms with Crippen molar-refractivity contribution in [1.29, 1.82) is 0 Å². The normalized spacial score (nSPS) is 16.1. The highest BCUT2D eigenvalue weighted by molar-refractivity contribution is 7.89. The number of sulfonamides is 1. The second-order valence-electron chi connectivity index (χ2n) is 7.72. The van der Waals surface area contributed by atoms with Crippen LogP contribution in [-0.4, -0.2) is 41.9 Å². The van der Waals surface area contributed by atoms with Crippen LogP contribution in [0.4, 0.5) is 5.69 Å². The van der Waals surface area contributed by atoms with Crippen molar-refractivity contribution >= 4 is 33.0 Å². The summed E-state index contributed by atoms with van der Waals surface area (Å²) in [5, 5.41) is 5.88. The predicted octanol–water partition coefficient (Wildman–Crippen LogP) is 3.31. The van der Waals surface area contributed by atoms with Gasteiger partial charge in [0.1, 0.15) is 0 Å². The third-order valence-electron chi connectivity index (χ3n) is 5.65. The highest BCUT2D eigenvalue weighted by Crippen LogP contribution is 2.37. The fraction of sp³-hybridized carbons (Fsp3) is 0.381. The molecular weight excluding hydrogens is 436 g/mol. The van der Waals surface area contributed by atoms with Gasteiger partial charge in [-0.1, -0.05) is 18.1 Å². The van der Waals surface area contributed by atoms with Crippen molar-refractivity contribution < 1.29 is 17.7 Å². The van der Waals surface area contributed by atoms with Crippen LogP contribution in [0.3, 0.4) is 0 Å². The number of benzene rings is 1. The zero-order valence-corrected chi connectivity index (χ0v) is 18.7. The average molecular weight is 459 g/mol. The summed E-state index contributed by atoms with van der Waals surface area (Å²) in [6, 6.07) is 8.81. The van der Waals surface area contributed by atoms with E-state index in [0.717, 1.165) is 29.0 Å². The first kappa shape index (κ1) is 20.3. The molecule has 2 aromatic heterocycles. The molecule has 2 aliphatic rings. The fourth-order valence-electron chi connectivity index (χ4n) is 3.81. The molecule has 0 spiro atoms. The predicted molar refractivity (Wildman–Crippen MR) is 116 cm³/mol. The largest absolute Gasteiger partial charge is 0.337 e. The van der Waals surface area contributed by atoms with Gasteiger partial charge in [-0.25, -0.2) is 8.42 Å².